The number of hydrogen-bond acceptors (Lipinski definition) is 4. The summed E-state index contributed by atoms with van der Waals surface area (Å²) >= 11 is 0. The Balaban J connectivity index is 1.97. The van der Waals surface area contributed by atoms with Gasteiger partial charge in [-0.05, 0) is 43.5 Å². The van der Waals surface area contributed by atoms with E-state index < -0.39 is 0 Å². The number of aromatic nitrogens is 2. The lowest BCUT2D eigenvalue weighted by Gasteiger charge is -2.18. The van der Waals surface area contributed by atoms with E-state index in [2.05, 4.69) is 4.98 Å². The number of carbonyl (C=O) groups excluding carboxylic acids is 1. The number of ether oxygens (including phenoxy) is 1. The summed E-state index contributed by atoms with van der Waals surface area (Å²) in [6, 6.07) is 7.64. The van der Waals surface area contributed by atoms with Crippen molar-refractivity contribution in [3.8, 4) is 5.88 Å². The van der Waals surface area contributed by atoms with Gasteiger partial charge in [-0.3, -0.25) is 14.4 Å². The molecule has 0 aliphatic heterocycles. The number of nitrogens with zero attached hydrogens (tertiary/aromatic N) is 3. The van der Waals surface area contributed by atoms with E-state index in [0.29, 0.717) is 17.5 Å². The first-order valence-corrected chi connectivity index (χ1v) is 8.45. The highest BCUT2D eigenvalue weighted by Crippen LogP contribution is 2.19. The third-order valence-electron chi connectivity index (χ3n) is 4.39. The first-order chi connectivity index (χ1) is 11.7. The van der Waals surface area contributed by atoms with Crippen molar-refractivity contribution >= 4 is 5.91 Å². The smallest absolute Gasteiger partial charge is 0.265 e. The van der Waals surface area contributed by atoms with E-state index in [1.54, 1.807) is 36.2 Å². The summed E-state index contributed by atoms with van der Waals surface area (Å²) in [5.41, 5.74) is 2.34. The largest absolute Gasteiger partial charge is 0.481 e. The summed E-state index contributed by atoms with van der Waals surface area (Å²) in [5, 5.41) is 0. The van der Waals surface area contributed by atoms with Gasteiger partial charge in [0.05, 0.1) is 18.7 Å². The van der Waals surface area contributed by atoms with Gasteiger partial charge in [-0.15, -0.1) is 0 Å². The number of rotatable bonds is 3. The van der Waals surface area contributed by atoms with E-state index in [9.17, 15) is 4.79 Å². The summed E-state index contributed by atoms with van der Waals surface area (Å²) in [7, 11) is 1.56. The fourth-order valence-electron chi connectivity index (χ4n) is 3.02. The van der Waals surface area contributed by atoms with Crippen molar-refractivity contribution in [1.82, 2.24) is 9.55 Å². The van der Waals surface area contributed by atoms with Gasteiger partial charge in [0.2, 0.25) is 5.88 Å². The predicted octanol–water partition coefficient (Wildman–Crippen LogP) is 3.12. The van der Waals surface area contributed by atoms with Crippen molar-refractivity contribution < 1.29 is 9.53 Å². The Hall–Kier alpha value is -2.43. The maximum atomic E-state index is 12.8. The first kappa shape index (κ1) is 16.4. The molecule has 1 saturated carbocycles. The second kappa shape index (κ2) is 7.43. The summed E-state index contributed by atoms with van der Waals surface area (Å²) in [6.45, 7) is 2.02. The monoisotopic (exact) mass is 325 g/mol. The molecule has 0 aromatic carbocycles. The van der Waals surface area contributed by atoms with E-state index in [0.717, 1.165) is 23.9 Å². The van der Waals surface area contributed by atoms with Gasteiger partial charge in [0.15, 0.2) is 0 Å². The molecule has 24 heavy (non-hydrogen) atoms. The van der Waals surface area contributed by atoms with Gasteiger partial charge in [-0.1, -0.05) is 19.3 Å². The van der Waals surface area contributed by atoms with Gasteiger partial charge in [0.25, 0.3) is 5.91 Å². The Labute approximate surface area is 142 Å². The van der Waals surface area contributed by atoms with Crippen LogP contribution in [0.25, 0.3) is 0 Å². The molecule has 3 rings (SSSR count). The Morgan fingerprint density at radius 2 is 2.04 bits per heavy atom. The summed E-state index contributed by atoms with van der Waals surface area (Å²) in [5.74, 6) is 0.368. The van der Waals surface area contributed by atoms with Crippen LogP contribution in [0, 0.1) is 6.92 Å². The molecule has 5 nitrogen and oxygen atoms in total. The van der Waals surface area contributed by atoms with Crippen molar-refractivity contribution in [2.75, 3.05) is 7.11 Å². The third kappa shape index (κ3) is 3.72. The Morgan fingerprint density at radius 3 is 2.71 bits per heavy atom. The van der Waals surface area contributed by atoms with Crippen molar-refractivity contribution in [2.24, 2.45) is 4.99 Å². The molecule has 126 valence electrons. The Morgan fingerprint density at radius 1 is 1.25 bits per heavy atom. The zero-order valence-electron chi connectivity index (χ0n) is 14.2. The molecule has 0 atom stereocenters. The molecule has 1 aliphatic rings. The normalized spacial score (nSPS) is 16.2. The molecule has 2 aromatic rings. The summed E-state index contributed by atoms with van der Waals surface area (Å²) in [4.78, 5) is 21.8. The zero-order valence-corrected chi connectivity index (χ0v) is 14.2. The molecule has 0 spiro atoms. The minimum atomic E-state index is -0.125. The molecule has 0 unspecified atom stereocenters. The molecular formula is C19H23N3O2. The number of hydrogen-bond donors (Lipinski definition) is 0. The average molecular weight is 325 g/mol. The molecule has 0 amide bonds. The lowest BCUT2D eigenvalue weighted by molar-refractivity contribution is 0.0954. The van der Waals surface area contributed by atoms with Crippen molar-refractivity contribution in [2.45, 2.75) is 45.1 Å². The molecule has 0 N–H and O–H groups in total. The van der Waals surface area contributed by atoms with Crippen LogP contribution in [0.1, 0.15) is 48.0 Å². The van der Waals surface area contributed by atoms with Gasteiger partial charge in [0, 0.05) is 18.5 Å². The van der Waals surface area contributed by atoms with E-state index in [4.69, 9.17) is 9.73 Å². The van der Waals surface area contributed by atoms with Crippen LogP contribution in [-0.2, 0) is 0 Å². The second-order valence-electron chi connectivity index (χ2n) is 6.25. The van der Waals surface area contributed by atoms with Gasteiger partial charge < -0.3 is 4.74 Å². The van der Waals surface area contributed by atoms with Crippen LogP contribution in [-0.4, -0.2) is 28.6 Å². The molecule has 2 aromatic heterocycles. The molecule has 1 aliphatic carbocycles. The van der Waals surface area contributed by atoms with Crippen LogP contribution < -0.4 is 10.2 Å². The number of methoxy groups -OCH3 is 1. The average Bonchev–Trinajstić information content (AvgIpc) is 2.62. The highest BCUT2D eigenvalue weighted by atomic mass is 16.5. The highest BCUT2D eigenvalue weighted by Gasteiger charge is 2.14. The van der Waals surface area contributed by atoms with Crippen LogP contribution in [0.3, 0.4) is 0 Å². The maximum absolute atomic E-state index is 12.8. The Kier molecular flexibility index (Phi) is 5.08. The zero-order chi connectivity index (χ0) is 16.9. The minimum absolute atomic E-state index is 0.125. The van der Waals surface area contributed by atoms with Crippen LogP contribution >= 0.6 is 0 Å². The van der Waals surface area contributed by atoms with E-state index in [1.807, 2.05) is 19.1 Å². The fraction of sp³-hybridized carbons (Fsp3) is 0.421. The number of pyridine rings is 2. The molecule has 0 bridgehead atoms. The van der Waals surface area contributed by atoms with Gasteiger partial charge in [-0.25, -0.2) is 4.98 Å². The van der Waals surface area contributed by atoms with Crippen molar-refractivity contribution in [3.63, 3.8) is 0 Å². The van der Waals surface area contributed by atoms with Crippen LogP contribution in [0.4, 0.5) is 0 Å². The molecule has 2 heterocycles. The number of aryl methyl sites for hydroxylation is 1. The fourth-order valence-corrected chi connectivity index (χ4v) is 3.02. The second-order valence-corrected chi connectivity index (χ2v) is 6.25. The van der Waals surface area contributed by atoms with E-state index in [1.165, 1.54) is 19.3 Å². The standard InChI is InChI=1S/C19H23N3O2/c1-14-10-11-22(17(12-14)21-16-6-4-3-5-7-16)19(23)15-8-9-18(24-2)20-13-15/h8-13,16H,3-7H2,1-2H3. The van der Waals surface area contributed by atoms with Gasteiger partial charge in [-0.2, -0.15) is 0 Å². The van der Waals surface area contributed by atoms with Crippen LogP contribution in [0.15, 0.2) is 41.7 Å². The minimum Gasteiger partial charge on any atom is -0.481 e. The van der Waals surface area contributed by atoms with Crippen LogP contribution in [0.5, 0.6) is 5.88 Å². The van der Waals surface area contributed by atoms with Gasteiger partial charge >= 0.3 is 0 Å². The SMILES string of the molecule is COc1ccc(C(=O)n2ccc(C)cc2=NC2CCCCC2)cn1. The van der Waals surface area contributed by atoms with Crippen molar-refractivity contribution in [3.05, 3.63) is 53.3 Å². The molecular weight excluding hydrogens is 302 g/mol. The lowest BCUT2D eigenvalue weighted by Crippen LogP contribution is -2.29. The van der Waals surface area contributed by atoms with Gasteiger partial charge in [0.1, 0.15) is 5.49 Å². The maximum Gasteiger partial charge on any atom is 0.265 e. The molecule has 1 fully saturated rings. The van der Waals surface area contributed by atoms with Crippen LogP contribution in [0.2, 0.25) is 0 Å². The highest BCUT2D eigenvalue weighted by molar-refractivity contribution is 5.95. The summed E-state index contributed by atoms with van der Waals surface area (Å²) in [6.07, 6.45) is 9.27. The van der Waals surface area contributed by atoms with Crippen molar-refractivity contribution in [1.29, 1.82) is 0 Å². The first-order valence-electron chi connectivity index (χ1n) is 8.45. The third-order valence-corrected chi connectivity index (χ3v) is 4.39. The quantitative estimate of drug-likeness (QED) is 0.871. The van der Waals surface area contributed by atoms with E-state index >= 15 is 0 Å². The topological polar surface area (TPSA) is 56.5 Å². The molecule has 5 heteroatoms. The van der Waals surface area contributed by atoms with E-state index in [-0.39, 0.29) is 5.91 Å². The Bertz CT molecular complexity index is 772. The lowest BCUT2D eigenvalue weighted by atomic mass is 9.96. The number of carbonyl (C=O) groups is 1. The predicted molar refractivity (Wildman–Crippen MR) is 92.1 cm³/mol. The molecule has 0 saturated heterocycles. The summed E-state index contributed by atoms with van der Waals surface area (Å²) < 4.78 is 6.66. The molecule has 0 radical (unpaired) electrons.